The van der Waals surface area contributed by atoms with Crippen LogP contribution in [0.4, 0.5) is 10.1 Å². The minimum Gasteiger partial charge on any atom is -0.379 e. The summed E-state index contributed by atoms with van der Waals surface area (Å²) in [7, 11) is -4.06. The smallest absolute Gasteiger partial charge is 0.246 e. The second-order valence-electron chi connectivity index (χ2n) is 7.51. The van der Waals surface area contributed by atoms with E-state index in [0.29, 0.717) is 5.82 Å². The van der Waals surface area contributed by atoms with E-state index < -0.39 is 26.6 Å². The first kappa shape index (κ1) is 23.2. The maximum atomic E-state index is 14.4. The van der Waals surface area contributed by atoms with Crippen LogP contribution in [0.5, 0.6) is 0 Å². The van der Waals surface area contributed by atoms with Gasteiger partial charge in [0.15, 0.2) is 10.6 Å². The third kappa shape index (κ3) is 5.03. The summed E-state index contributed by atoms with van der Waals surface area (Å²) in [5.41, 5.74) is 2.01. The summed E-state index contributed by atoms with van der Waals surface area (Å²) in [6.45, 7) is 2.56. The molecule has 1 aliphatic heterocycles. The van der Waals surface area contributed by atoms with E-state index in [0.717, 1.165) is 23.3 Å². The molecule has 0 atom stereocenters. The monoisotopic (exact) mass is 491 g/mol. The number of anilines is 1. The van der Waals surface area contributed by atoms with Gasteiger partial charge in [-0.3, -0.25) is 14.5 Å². The molecule has 0 unspecified atom stereocenters. The zero-order valence-corrected chi connectivity index (χ0v) is 19.4. The number of halogens is 1. The van der Waals surface area contributed by atoms with Gasteiger partial charge in [-0.15, -0.1) is 0 Å². The molecule has 0 saturated carbocycles. The number of amides is 1. The maximum absolute atomic E-state index is 14.4. The third-order valence-electron chi connectivity index (χ3n) is 5.17. The molecule has 174 valence electrons. The number of morpholine rings is 1. The lowest BCUT2D eigenvalue weighted by Crippen LogP contribution is -2.40. The number of H-pyrrole nitrogens is 1. The number of aromatic amines is 1. The van der Waals surface area contributed by atoms with Gasteiger partial charge < -0.3 is 10.1 Å². The Balaban J connectivity index is 1.55. The molecular formula is C21H22FN5O4S2. The number of hydrogen-bond donors (Lipinski definition) is 2. The number of benzene rings is 2. The molecule has 1 aromatic heterocycles. The van der Waals surface area contributed by atoms with Crippen LogP contribution in [0.3, 0.4) is 0 Å². The summed E-state index contributed by atoms with van der Waals surface area (Å²) in [4.78, 5) is 12.2. The molecule has 1 aliphatic rings. The number of carbonyl (C=O) groups is 1. The topological polar surface area (TPSA) is 109 Å². The predicted molar refractivity (Wildman–Crippen MR) is 122 cm³/mol. The first-order valence-electron chi connectivity index (χ1n) is 10.2. The van der Waals surface area contributed by atoms with E-state index in [1.807, 2.05) is 31.2 Å². The van der Waals surface area contributed by atoms with Crippen LogP contribution in [0.15, 0.2) is 47.4 Å². The van der Waals surface area contributed by atoms with Crippen molar-refractivity contribution in [2.24, 2.45) is 0 Å². The first-order valence-corrected chi connectivity index (χ1v) is 12.0. The molecule has 0 spiro atoms. The van der Waals surface area contributed by atoms with Crippen molar-refractivity contribution in [3.05, 3.63) is 58.6 Å². The van der Waals surface area contributed by atoms with E-state index in [2.05, 4.69) is 15.5 Å². The predicted octanol–water partition coefficient (Wildman–Crippen LogP) is 2.71. The Bertz CT molecular complexity index is 1330. The molecule has 0 aliphatic carbocycles. The maximum Gasteiger partial charge on any atom is 0.246 e. The van der Waals surface area contributed by atoms with Gasteiger partial charge in [0.25, 0.3) is 0 Å². The molecule has 1 fully saturated rings. The minimum atomic E-state index is -4.06. The van der Waals surface area contributed by atoms with Gasteiger partial charge in [-0.2, -0.15) is 9.40 Å². The number of rotatable bonds is 6. The van der Waals surface area contributed by atoms with Gasteiger partial charge in [0.2, 0.25) is 15.9 Å². The van der Waals surface area contributed by atoms with E-state index in [-0.39, 0.29) is 43.3 Å². The number of aryl methyl sites for hydroxylation is 1. The number of ether oxygens (including phenoxy) is 1. The quantitative estimate of drug-likeness (QED) is 0.513. The highest BCUT2D eigenvalue weighted by Gasteiger charge is 2.29. The van der Waals surface area contributed by atoms with Crippen LogP contribution in [0.25, 0.3) is 11.4 Å². The van der Waals surface area contributed by atoms with Crippen molar-refractivity contribution >= 4 is 33.8 Å². The van der Waals surface area contributed by atoms with Crippen LogP contribution in [0, 0.1) is 17.5 Å². The van der Waals surface area contributed by atoms with E-state index in [1.165, 1.54) is 14.9 Å². The van der Waals surface area contributed by atoms with Crippen LogP contribution in [0.1, 0.15) is 5.56 Å². The number of nitrogens with zero attached hydrogens (tertiary/aromatic N) is 3. The highest BCUT2D eigenvalue weighted by atomic mass is 32.2. The normalized spacial score (nSPS) is 14.8. The standard InChI is InChI=1S/C21H22FN5O4S2/c1-14-2-4-15(5-3-14)20-24-25-21(32)27(20)13-19(28)23-16-6-7-17(22)18(12-16)33(29,30)26-8-10-31-11-9-26/h2-7,12H,8-11,13H2,1H3,(H,23,28)(H,25,32). The van der Waals surface area contributed by atoms with Crippen LogP contribution in [-0.2, 0) is 26.1 Å². The van der Waals surface area contributed by atoms with Gasteiger partial charge in [0.05, 0.1) is 13.2 Å². The highest BCUT2D eigenvalue weighted by molar-refractivity contribution is 7.89. The number of carbonyl (C=O) groups excluding carboxylic acids is 1. The van der Waals surface area contributed by atoms with Crippen LogP contribution in [-0.4, -0.2) is 59.7 Å². The van der Waals surface area contributed by atoms with Gasteiger partial charge >= 0.3 is 0 Å². The Hall–Kier alpha value is -2.93. The van der Waals surface area contributed by atoms with Crippen molar-refractivity contribution < 1.29 is 22.3 Å². The average molecular weight is 492 g/mol. The molecule has 12 heteroatoms. The summed E-state index contributed by atoms with van der Waals surface area (Å²) in [6, 6.07) is 11.0. The van der Waals surface area contributed by atoms with Gasteiger partial charge in [0.1, 0.15) is 17.3 Å². The summed E-state index contributed by atoms with van der Waals surface area (Å²) in [5.74, 6) is -0.870. The van der Waals surface area contributed by atoms with Crippen molar-refractivity contribution in [3.8, 4) is 11.4 Å². The molecule has 9 nitrogen and oxygen atoms in total. The number of hydrogen-bond acceptors (Lipinski definition) is 6. The molecule has 0 radical (unpaired) electrons. The number of sulfonamides is 1. The van der Waals surface area contributed by atoms with Crippen molar-refractivity contribution in [2.75, 3.05) is 31.6 Å². The molecule has 2 heterocycles. The van der Waals surface area contributed by atoms with Crippen LogP contribution in [0.2, 0.25) is 0 Å². The van der Waals surface area contributed by atoms with E-state index >= 15 is 0 Å². The van der Waals surface area contributed by atoms with Crippen molar-refractivity contribution in [3.63, 3.8) is 0 Å². The summed E-state index contributed by atoms with van der Waals surface area (Å²) in [6.07, 6.45) is 0. The molecule has 3 aromatic rings. The summed E-state index contributed by atoms with van der Waals surface area (Å²) < 4.78 is 48.3. The fourth-order valence-corrected chi connectivity index (χ4v) is 5.13. The molecule has 1 saturated heterocycles. The zero-order chi connectivity index (χ0) is 23.6. The minimum absolute atomic E-state index is 0.138. The molecule has 4 rings (SSSR count). The molecule has 0 bridgehead atoms. The van der Waals surface area contributed by atoms with Crippen molar-refractivity contribution in [2.45, 2.75) is 18.4 Å². The largest absolute Gasteiger partial charge is 0.379 e. The van der Waals surface area contributed by atoms with E-state index in [9.17, 15) is 17.6 Å². The lowest BCUT2D eigenvalue weighted by atomic mass is 10.1. The van der Waals surface area contributed by atoms with Gasteiger partial charge in [-0.05, 0) is 37.3 Å². The van der Waals surface area contributed by atoms with Crippen LogP contribution < -0.4 is 5.32 Å². The third-order valence-corrected chi connectivity index (χ3v) is 7.40. The molecule has 2 aromatic carbocycles. The van der Waals surface area contributed by atoms with Gasteiger partial charge in [-0.1, -0.05) is 29.8 Å². The fraction of sp³-hybridized carbons (Fsp3) is 0.286. The Kier molecular flexibility index (Phi) is 6.70. The van der Waals surface area contributed by atoms with Gasteiger partial charge in [-0.25, -0.2) is 12.8 Å². The second-order valence-corrected chi connectivity index (χ2v) is 9.81. The molecule has 1 amide bonds. The van der Waals surface area contributed by atoms with Crippen LogP contribution >= 0.6 is 12.2 Å². The average Bonchev–Trinajstić information content (AvgIpc) is 3.16. The SMILES string of the molecule is Cc1ccc(-c2n[nH]c(=S)n2CC(=O)Nc2ccc(F)c(S(=O)(=O)N3CCOCC3)c2)cc1. The van der Waals surface area contributed by atoms with Crippen molar-refractivity contribution in [1.82, 2.24) is 19.1 Å². The van der Waals surface area contributed by atoms with E-state index in [1.54, 1.807) is 0 Å². The zero-order valence-electron chi connectivity index (χ0n) is 17.7. The number of aromatic nitrogens is 3. The molecule has 33 heavy (non-hydrogen) atoms. The Labute approximate surface area is 195 Å². The van der Waals surface area contributed by atoms with E-state index in [4.69, 9.17) is 17.0 Å². The summed E-state index contributed by atoms with van der Waals surface area (Å²) >= 11 is 5.26. The first-order chi connectivity index (χ1) is 15.8. The lowest BCUT2D eigenvalue weighted by molar-refractivity contribution is -0.116. The fourth-order valence-electron chi connectivity index (χ4n) is 3.44. The Morgan fingerprint density at radius 3 is 2.61 bits per heavy atom. The number of nitrogens with one attached hydrogen (secondary N) is 2. The second kappa shape index (κ2) is 9.51. The molecule has 2 N–H and O–H groups in total. The highest BCUT2D eigenvalue weighted by Crippen LogP contribution is 2.24. The Morgan fingerprint density at radius 1 is 1.21 bits per heavy atom. The lowest BCUT2D eigenvalue weighted by Gasteiger charge is -2.26. The summed E-state index contributed by atoms with van der Waals surface area (Å²) in [5, 5.41) is 9.51. The Morgan fingerprint density at radius 2 is 1.91 bits per heavy atom. The van der Waals surface area contributed by atoms with Gasteiger partial charge in [0, 0.05) is 24.3 Å². The molecular weight excluding hydrogens is 469 g/mol. The van der Waals surface area contributed by atoms with Crippen molar-refractivity contribution in [1.29, 1.82) is 0 Å².